The van der Waals surface area contributed by atoms with Crippen LogP contribution in [0, 0.1) is 0 Å². The molecule has 0 aliphatic rings. The quantitative estimate of drug-likeness (QED) is 0.588. The lowest BCUT2D eigenvalue weighted by Gasteiger charge is -2.09. The SMILES string of the molecule is CC(C)Oc1ccc(-c2nc(C(=O)Nc3ccc(OCC(N)=O)cc3)cs2)cc1. The molecule has 0 unspecified atom stereocenters. The van der Waals surface area contributed by atoms with Crippen molar-refractivity contribution in [1.82, 2.24) is 4.98 Å². The smallest absolute Gasteiger partial charge is 0.275 e. The summed E-state index contributed by atoms with van der Waals surface area (Å²) in [5.41, 5.74) is 6.88. The van der Waals surface area contributed by atoms with Gasteiger partial charge in [-0.3, -0.25) is 9.59 Å². The van der Waals surface area contributed by atoms with E-state index in [-0.39, 0.29) is 18.6 Å². The van der Waals surface area contributed by atoms with Crippen LogP contribution >= 0.6 is 11.3 Å². The van der Waals surface area contributed by atoms with Gasteiger partial charge in [0, 0.05) is 16.6 Å². The van der Waals surface area contributed by atoms with Crippen molar-refractivity contribution in [3.63, 3.8) is 0 Å². The van der Waals surface area contributed by atoms with Crippen molar-refractivity contribution < 1.29 is 19.1 Å². The number of carbonyl (C=O) groups excluding carboxylic acids is 2. The molecule has 1 aromatic heterocycles. The summed E-state index contributed by atoms with van der Waals surface area (Å²) in [5.74, 6) is 0.422. The van der Waals surface area contributed by atoms with Crippen LogP contribution in [0.5, 0.6) is 11.5 Å². The average Bonchev–Trinajstić information content (AvgIpc) is 3.18. The number of hydrogen-bond acceptors (Lipinski definition) is 6. The highest BCUT2D eigenvalue weighted by Crippen LogP contribution is 2.26. The first kappa shape index (κ1) is 20.3. The van der Waals surface area contributed by atoms with E-state index in [9.17, 15) is 9.59 Å². The lowest BCUT2D eigenvalue weighted by Crippen LogP contribution is -2.20. The molecule has 0 fully saturated rings. The summed E-state index contributed by atoms with van der Waals surface area (Å²) in [7, 11) is 0. The molecule has 1 heterocycles. The number of aromatic nitrogens is 1. The van der Waals surface area contributed by atoms with E-state index in [1.807, 2.05) is 38.1 Å². The largest absolute Gasteiger partial charge is 0.491 e. The Morgan fingerprint density at radius 1 is 1.07 bits per heavy atom. The Balaban J connectivity index is 1.62. The van der Waals surface area contributed by atoms with Crippen molar-refractivity contribution in [3.05, 3.63) is 59.6 Å². The number of nitrogens with two attached hydrogens (primary N) is 1. The van der Waals surface area contributed by atoms with Crippen molar-refractivity contribution in [1.29, 1.82) is 0 Å². The van der Waals surface area contributed by atoms with E-state index < -0.39 is 5.91 Å². The van der Waals surface area contributed by atoms with E-state index in [2.05, 4.69) is 10.3 Å². The first-order valence-electron chi connectivity index (χ1n) is 8.96. The van der Waals surface area contributed by atoms with Crippen LogP contribution in [0.4, 0.5) is 5.69 Å². The normalized spacial score (nSPS) is 10.6. The molecular formula is C21H21N3O4S. The molecule has 7 nitrogen and oxygen atoms in total. The minimum atomic E-state index is -0.552. The summed E-state index contributed by atoms with van der Waals surface area (Å²) < 4.78 is 10.8. The van der Waals surface area contributed by atoms with Crippen molar-refractivity contribution in [2.45, 2.75) is 20.0 Å². The number of nitrogens with one attached hydrogen (secondary N) is 1. The first-order chi connectivity index (χ1) is 13.9. The zero-order valence-electron chi connectivity index (χ0n) is 16.0. The topological polar surface area (TPSA) is 104 Å². The number of thiazole rings is 1. The highest BCUT2D eigenvalue weighted by atomic mass is 32.1. The Morgan fingerprint density at radius 2 is 1.72 bits per heavy atom. The van der Waals surface area contributed by atoms with Gasteiger partial charge in [-0.05, 0) is 62.4 Å². The number of rotatable bonds is 8. The van der Waals surface area contributed by atoms with E-state index >= 15 is 0 Å². The maximum absolute atomic E-state index is 12.5. The van der Waals surface area contributed by atoms with Gasteiger partial charge < -0.3 is 20.5 Å². The maximum Gasteiger partial charge on any atom is 0.275 e. The van der Waals surface area contributed by atoms with Crippen LogP contribution in [0.3, 0.4) is 0 Å². The molecule has 0 atom stereocenters. The fraction of sp³-hybridized carbons (Fsp3) is 0.190. The van der Waals surface area contributed by atoms with Crippen LogP contribution in [0.2, 0.25) is 0 Å². The fourth-order valence-electron chi connectivity index (χ4n) is 2.44. The van der Waals surface area contributed by atoms with Crippen LogP contribution in [0.25, 0.3) is 10.6 Å². The summed E-state index contributed by atoms with van der Waals surface area (Å²) in [5, 5.41) is 5.25. The molecule has 3 aromatic rings. The third-order valence-electron chi connectivity index (χ3n) is 3.70. The lowest BCUT2D eigenvalue weighted by molar-refractivity contribution is -0.119. The summed E-state index contributed by atoms with van der Waals surface area (Å²) in [6, 6.07) is 14.3. The van der Waals surface area contributed by atoms with Crippen LogP contribution in [0.15, 0.2) is 53.9 Å². The second kappa shape index (κ2) is 9.20. The number of amides is 2. The molecule has 8 heteroatoms. The molecule has 3 rings (SSSR count). The molecule has 0 radical (unpaired) electrons. The predicted octanol–water partition coefficient (Wildman–Crippen LogP) is 3.71. The summed E-state index contributed by atoms with van der Waals surface area (Å²) >= 11 is 1.40. The molecule has 0 aliphatic heterocycles. The van der Waals surface area contributed by atoms with Gasteiger partial charge >= 0.3 is 0 Å². The predicted molar refractivity (Wildman–Crippen MR) is 112 cm³/mol. The molecule has 0 spiro atoms. The molecule has 0 aliphatic carbocycles. The Labute approximate surface area is 172 Å². The van der Waals surface area contributed by atoms with Gasteiger partial charge in [0.1, 0.15) is 22.2 Å². The molecule has 2 aromatic carbocycles. The summed E-state index contributed by atoms with van der Waals surface area (Å²) in [6.07, 6.45) is 0.111. The van der Waals surface area contributed by atoms with Crippen molar-refractivity contribution in [3.8, 4) is 22.1 Å². The monoisotopic (exact) mass is 411 g/mol. The minimum absolute atomic E-state index is 0.111. The van der Waals surface area contributed by atoms with Crippen molar-refractivity contribution >= 4 is 28.8 Å². The zero-order valence-corrected chi connectivity index (χ0v) is 16.9. The lowest BCUT2D eigenvalue weighted by atomic mass is 10.2. The minimum Gasteiger partial charge on any atom is -0.491 e. The highest BCUT2D eigenvalue weighted by molar-refractivity contribution is 7.13. The van der Waals surface area contributed by atoms with Gasteiger partial charge in [-0.25, -0.2) is 4.98 Å². The summed E-state index contributed by atoms with van der Waals surface area (Å²) in [4.78, 5) is 27.6. The Hall–Kier alpha value is -3.39. The van der Waals surface area contributed by atoms with Crippen molar-refractivity contribution in [2.75, 3.05) is 11.9 Å². The molecule has 150 valence electrons. The zero-order chi connectivity index (χ0) is 20.8. The van der Waals surface area contributed by atoms with E-state index in [0.29, 0.717) is 17.1 Å². The Kier molecular flexibility index (Phi) is 6.46. The van der Waals surface area contributed by atoms with Gasteiger partial charge in [0.2, 0.25) is 0 Å². The number of anilines is 1. The Morgan fingerprint density at radius 3 is 2.34 bits per heavy atom. The maximum atomic E-state index is 12.5. The molecule has 0 saturated heterocycles. The molecular weight excluding hydrogens is 390 g/mol. The number of primary amides is 1. The van der Waals surface area contributed by atoms with E-state index in [1.54, 1.807) is 29.6 Å². The fourth-order valence-corrected chi connectivity index (χ4v) is 3.25. The number of benzene rings is 2. The number of ether oxygens (including phenoxy) is 2. The summed E-state index contributed by atoms with van der Waals surface area (Å²) in [6.45, 7) is 3.75. The first-order valence-corrected chi connectivity index (χ1v) is 9.84. The number of hydrogen-bond donors (Lipinski definition) is 2. The van der Waals surface area contributed by atoms with Crippen molar-refractivity contribution in [2.24, 2.45) is 5.73 Å². The number of nitrogens with zero attached hydrogens (tertiary/aromatic N) is 1. The third kappa shape index (κ3) is 5.79. The van der Waals surface area contributed by atoms with Crippen LogP contribution in [-0.4, -0.2) is 29.5 Å². The van der Waals surface area contributed by atoms with Crippen LogP contribution in [0.1, 0.15) is 24.3 Å². The van der Waals surface area contributed by atoms with Gasteiger partial charge in [0.05, 0.1) is 6.10 Å². The molecule has 0 saturated carbocycles. The second-order valence-electron chi connectivity index (χ2n) is 6.46. The molecule has 2 amide bonds. The number of carbonyl (C=O) groups is 2. The average molecular weight is 411 g/mol. The van der Waals surface area contributed by atoms with Gasteiger partial charge in [-0.1, -0.05) is 0 Å². The van der Waals surface area contributed by atoms with Gasteiger partial charge in [0.15, 0.2) is 6.61 Å². The molecule has 0 bridgehead atoms. The standard InChI is InChI=1S/C21H21N3O4S/c1-13(2)28-17-7-3-14(4-8-17)21-24-18(12-29-21)20(26)23-15-5-9-16(10-6-15)27-11-19(22)25/h3-10,12-13H,11H2,1-2H3,(H2,22,25)(H,23,26). The Bertz CT molecular complexity index is 982. The molecule has 3 N–H and O–H groups in total. The highest BCUT2D eigenvalue weighted by Gasteiger charge is 2.12. The van der Waals surface area contributed by atoms with Crippen LogP contribution in [-0.2, 0) is 4.79 Å². The van der Waals surface area contributed by atoms with Gasteiger partial charge in [-0.15, -0.1) is 11.3 Å². The van der Waals surface area contributed by atoms with E-state index in [0.717, 1.165) is 16.3 Å². The third-order valence-corrected chi connectivity index (χ3v) is 4.59. The van der Waals surface area contributed by atoms with E-state index in [4.69, 9.17) is 15.2 Å². The molecule has 29 heavy (non-hydrogen) atoms. The second-order valence-corrected chi connectivity index (χ2v) is 7.32. The van der Waals surface area contributed by atoms with E-state index in [1.165, 1.54) is 11.3 Å². The van der Waals surface area contributed by atoms with Gasteiger partial charge in [0.25, 0.3) is 11.8 Å². The van der Waals surface area contributed by atoms with Crippen LogP contribution < -0.4 is 20.5 Å². The van der Waals surface area contributed by atoms with Gasteiger partial charge in [-0.2, -0.15) is 0 Å².